The predicted octanol–water partition coefficient (Wildman–Crippen LogP) is 3.60. The van der Waals surface area contributed by atoms with Crippen LogP contribution in [0.15, 0.2) is 24.5 Å². The van der Waals surface area contributed by atoms with E-state index < -0.39 is 18.8 Å². The summed E-state index contributed by atoms with van der Waals surface area (Å²) in [6, 6.07) is 2.46. The van der Waals surface area contributed by atoms with Crippen LogP contribution in [0.2, 0.25) is 5.02 Å². The summed E-state index contributed by atoms with van der Waals surface area (Å²) in [5.41, 5.74) is 1.64. The highest BCUT2D eigenvalue weighted by atomic mass is 35.5. The fraction of sp³-hybridized carbons (Fsp3) is 0.294. The molecular weight excluding hydrogens is 387 g/mol. The molecule has 2 aromatic rings. The Labute approximate surface area is 156 Å². The van der Waals surface area contributed by atoms with E-state index >= 15 is 0 Å². The first kappa shape index (κ1) is 19.1. The van der Waals surface area contributed by atoms with Crippen molar-refractivity contribution in [2.45, 2.75) is 25.7 Å². The van der Waals surface area contributed by atoms with Crippen LogP contribution in [0.4, 0.5) is 13.2 Å². The standard InChI is InChI=1S/C17H13ClF3N3O3/c1-9(10-4-13(18)15(23-5-10)27-8-17(19,20)21)24-6-12-11(16(24)26)2-3-22-14(12)7-25/h2-5,7,9H,6,8H2,1H3. The van der Waals surface area contributed by atoms with E-state index in [-0.39, 0.29) is 29.0 Å². The summed E-state index contributed by atoms with van der Waals surface area (Å²) in [7, 11) is 0. The van der Waals surface area contributed by atoms with Gasteiger partial charge < -0.3 is 9.64 Å². The molecule has 0 radical (unpaired) electrons. The first-order valence-corrected chi connectivity index (χ1v) is 8.18. The van der Waals surface area contributed by atoms with E-state index in [1.807, 2.05) is 0 Å². The average molecular weight is 400 g/mol. The Morgan fingerprint density at radius 2 is 2.15 bits per heavy atom. The molecule has 0 aliphatic carbocycles. The van der Waals surface area contributed by atoms with Crippen LogP contribution in [-0.2, 0) is 6.54 Å². The molecule has 1 amide bonds. The van der Waals surface area contributed by atoms with Crippen LogP contribution in [0.5, 0.6) is 5.88 Å². The maximum Gasteiger partial charge on any atom is 0.422 e. The van der Waals surface area contributed by atoms with Crippen molar-refractivity contribution in [3.8, 4) is 5.88 Å². The number of carbonyl (C=O) groups is 2. The number of rotatable bonds is 5. The Bertz CT molecular complexity index is 905. The molecule has 0 bridgehead atoms. The Morgan fingerprint density at radius 1 is 1.41 bits per heavy atom. The fourth-order valence-corrected chi connectivity index (χ4v) is 3.02. The predicted molar refractivity (Wildman–Crippen MR) is 88.7 cm³/mol. The van der Waals surface area contributed by atoms with E-state index in [1.54, 1.807) is 6.92 Å². The number of hydrogen-bond acceptors (Lipinski definition) is 5. The zero-order valence-electron chi connectivity index (χ0n) is 14.0. The molecule has 27 heavy (non-hydrogen) atoms. The number of ether oxygens (including phenoxy) is 1. The van der Waals surface area contributed by atoms with E-state index in [0.29, 0.717) is 23.0 Å². The van der Waals surface area contributed by atoms with Gasteiger partial charge in [-0.1, -0.05) is 11.6 Å². The van der Waals surface area contributed by atoms with Crippen LogP contribution in [0, 0.1) is 0 Å². The van der Waals surface area contributed by atoms with Crippen LogP contribution in [0.25, 0.3) is 0 Å². The van der Waals surface area contributed by atoms with Crippen molar-refractivity contribution < 1.29 is 27.5 Å². The molecule has 2 aromatic heterocycles. The maximum atomic E-state index is 12.6. The number of pyridine rings is 2. The summed E-state index contributed by atoms with van der Waals surface area (Å²) in [6.07, 6.45) is -1.22. The van der Waals surface area contributed by atoms with Crippen molar-refractivity contribution >= 4 is 23.8 Å². The molecule has 6 nitrogen and oxygen atoms in total. The molecule has 1 aliphatic heterocycles. The highest BCUT2D eigenvalue weighted by Crippen LogP contribution is 2.34. The van der Waals surface area contributed by atoms with Gasteiger partial charge in [-0.3, -0.25) is 14.6 Å². The monoisotopic (exact) mass is 399 g/mol. The van der Waals surface area contributed by atoms with Crippen LogP contribution in [0.3, 0.4) is 0 Å². The molecule has 142 valence electrons. The summed E-state index contributed by atoms with van der Waals surface area (Å²) >= 11 is 5.97. The third-order valence-electron chi connectivity index (χ3n) is 4.17. The summed E-state index contributed by atoms with van der Waals surface area (Å²) in [6.45, 7) is 0.401. The molecule has 10 heteroatoms. The Hall–Kier alpha value is -2.68. The minimum absolute atomic E-state index is 0.0944. The molecule has 0 spiro atoms. The number of aromatic nitrogens is 2. The minimum Gasteiger partial charge on any atom is -0.467 e. The van der Waals surface area contributed by atoms with Crippen LogP contribution < -0.4 is 4.74 Å². The van der Waals surface area contributed by atoms with Gasteiger partial charge in [0.2, 0.25) is 5.88 Å². The van der Waals surface area contributed by atoms with Crippen LogP contribution >= 0.6 is 11.6 Å². The van der Waals surface area contributed by atoms with Gasteiger partial charge in [0.1, 0.15) is 10.7 Å². The lowest BCUT2D eigenvalue weighted by atomic mass is 10.1. The lowest BCUT2D eigenvalue weighted by Crippen LogP contribution is -2.27. The normalized spacial score (nSPS) is 14.9. The van der Waals surface area contributed by atoms with Gasteiger partial charge in [0.15, 0.2) is 12.9 Å². The Morgan fingerprint density at radius 3 is 2.78 bits per heavy atom. The van der Waals surface area contributed by atoms with Gasteiger partial charge in [0.05, 0.1) is 6.04 Å². The minimum atomic E-state index is -4.50. The van der Waals surface area contributed by atoms with Crippen LogP contribution in [0.1, 0.15) is 44.9 Å². The van der Waals surface area contributed by atoms with Crippen molar-refractivity contribution in [2.24, 2.45) is 0 Å². The molecule has 1 atom stereocenters. The lowest BCUT2D eigenvalue weighted by molar-refractivity contribution is -0.154. The van der Waals surface area contributed by atoms with Gasteiger partial charge in [-0.15, -0.1) is 0 Å². The van der Waals surface area contributed by atoms with Crippen molar-refractivity contribution in [1.82, 2.24) is 14.9 Å². The van der Waals surface area contributed by atoms with E-state index in [9.17, 15) is 22.8 Å². The Kier molecular flexibility index (Phi) is 5.05. The first-order chi connectivity index (χ1) is 12.7. The summed E-state index contributed by atoms with van der Waals surface area (Å²) in [4.78, 5) is 33.0. The van der Waals surface area contributed by atoms with Gasteiger partial charge in [-0.05, 0) is 24.6 Å². The number of hydrogen-bond donors (Lipinski definition) is 0. The quantitative estimate of drug-likeness (QED) is 0.718. The van der Waals surface area contributed by atoms with Crippen molar-refractivity contribution in [3.05, 3.63) is 51.9 Å². The van der Waals surface area contributed by atoms with Crippen molar-refractivity contribution in [3.63, 3.8) is 0 Å². The number of halogens is 4. The largest absolute Gasteiger partial charge is 0.467 e. The lowest BCUT2D eigenvalue weighted by Gasteiger charge is -2.24. The topological polar surface area (TPSA) is 72.4 Å². The summed E-state index contributed by atoms with van der Waals surface area (Å²) < 4.78 is 41.3. The highest BCUT2D eigenvalue weighted by molar-refractivity contribution is 6.31. The zero-order chi connectivity index (χ0) is 19.8. The van der Waals surface area contributed by atoms with E-state index in [1.165, 1.54) is 29.4 Å². The van der Waals surface area contributed by atoms with E-state index in [2.05, 4.69) is 14.7 Å². The van der Waals surface area contributed by atoms with Gasteiger partial charge in [-0.25, -0.2) is 4.98 Å². The second-order valence-corrected chi connectivity index (χ2v) is 6.32. The summed E-state index contributed by atoms with van der Waals surface area (Å²) in [5, 5.41) is -0.0944. The molecule has 3 rings (SSSR count). The molecule has 0 N–H and O–H groups in total. The van der Waals surface area contributed by atoms with E-state index in [4.69, 9.17) is 11.6 Å². The number of alkyl halides is 3. The SMILES string of the molecule is CC(c1cnc(OCC(F)(F)F)c(Cl)c1)N1Cc2c(ccnc2C=O)C1=O. The van der Waals surface area contributed by atoms with Gasteiger partial charge in [-0.2, -0.15) is 13.2 Å². The molecule has 1 unspecified atom stereocenters. The molecule has 0 fully saturated rings. The number of carbonyl (C=O) groups excluding carboxylic acids is 2. The maximum absolute atomic E-state index is 12.6. The van der Waals surface area contributed by atoms with Gasteiger partial charge in [0, 0.05) is 30.1 Å². The smallest absolute Gasteiger partial charge is 0.422 e. The van der Waals surface area contributed by atoms with Gasteiger partial charge >= 0.3 is 6.18 Å². The zero-order valence-corrected chi connectivity index (χ0v) is 14.7. The third-order valence-corrected chi connectivity index (χ3v) is 4.44. The van der Waals surface area contributed by atoms with Crippen molar-refractivity contribution in [2.75, 3.05) is 6.61 Å². The van der Waals surface area contributed by atoms with Crippen LogP contribution in [-0.4, -0.2) is 39.8 Å². The highest BCUT2D eigenvalue weighted by Gasteiger charge is 2.34. The average Bonchev–Trinajstić information content (AvgIpc) is 2.96. The first-order valence-electron chi connectivity index (χ1n) is 7.80. The number of aldehydes is 1. The molecule has 0 aromatic carbocycles. The summed E-state index contributed by atoms with van der Waals surface area (Å²) in [5.74, 6) is -0.620. The molecule has 0 saturated heterocycles. The second kappa shape index (κ2) is 7.15. The van der Waals surface area contributed by atoms with E-state index in [0.717, 1.165) is 0 Å². The molecule has 3 heterocycles. The number of nitrogens with zero attached hydrogens (tertiary/aromatic N) is 3. The van der Waals surface area contributed by atoms with Gasteiger partial charge in [0.25, 0.3) is 5.91 Å². The molecular formula is C17H13ClF3N3O3. The number of fused-ring (bicyclic) bond motifs is 1. The second-order valence-electron chi connectivity index (χ2n) is 5.91. The number of amides is 1. The fourth-order valence-electron chi connectivity index (χ4n) is 2.79. The third kappa shape index (κ3) is 3.87. The Balaban J connectivity index is 1.81. The molecule has 0 saturated carbocycles. The van der Waals surface area contributed by atoms with Crippen molar-refractivity contribution in [1.29, 1.82) is 0 Å². The molecule has 1 aliphatic rings.